The van der Waals surface area contributed by atoms with Crippen molar-refractivity contribution in [2.24, 2.45) is 12.1 Å². The second-order valence-corrected chi connectivity index (χ2v) is 8.73. The van der Waals surface area contributed by atoms with E-state index in [1.807, 2.05) is 24.3 Å². The molecule has 4 aromatic rings. The van der Waals surface area contributed by atoms with Crippen molar-refractivity contribution in [1.29, 1.82) is 0 Å². The minimum Gasteiger partial charge on any atom is -0.491 e. The highest BCUT2D eigenvalue weighted by Gasteiger charge is 2.20. The monoisotopic (exact) mass is 546 g/mol. The summed E-state index contributed by atoms with van der Waals surface area (Å²) in [6, 6.07) is 14.2. The van der Waals surface area contributed by atoms with Gasteiger partial charge in [-0.05, 0) is 42.0 Å². The van der Waals surface area contributed by atoms with Crippen molar-refractivity contribution in [2.45, 2.75) is 12.6 Å². The number of anilines is 1. The van der Waals surface area contributed by atoms with Crippen LogP contribution in [0.25, 0.3) is 11.2 Å². The molecule has 0 unspecified atom stereocenters. The van der Waals surface area contributed by atoms with Gasteiger partial charge < -0.3 is 14.4 Å². The maximum Gasteiger partial charge on any atom is 0.329 e. The molecule has 0 aliphatic heterocycles. The third-order valence-corrected chi connectivity index (χ3v) is 5.69. The van der Waals surface area contributed by atoms with Crippen LogP contribution in [0, 0.1) is 0 Å². The SMILES string of the molecule is Cn1c(=O)[nH]c(=O)c2c1nc(N/N=C/c1ccc(Br)cc1)n2C[C@@H](O)COc1ccc(Cl)cc1. The summed E-state index contributed by atoms with van der Waals surface area (Å²) in [5, 5.41) is 15.4. The number of benzene rings is 2. The number of hydrazone groups is 1. The molecule has 0 aliphatic carbocycles. The van der Waals surface area contributed by atoms with E-state index in [9.17, 15) is 14.7 Å². The Labute approximate surface area is 206 Å². The number of halogens is 2. The molecule has 0 fully saturated rings. The highest BCUT2D eigenvalue weighted by Crippen LogP contribution is 2.18. The Hall–Kier alpha value is -3.41. The first-order chi connectivity index (χ1) is 16.3. The number of rotatable bonds is 8. The van der Waals surface area contributed by atoms with Crippen LogP contribution >= 0.6 is 27.5 Å². The van der Waals surface area contributed by atoms with E-state index in [-0.39, 0.29) is 30.3 Å². The average Bonchev–Trinajstić information content (AvgIpc) is 3.17. The van der Waals surface area contributed by atoms with Crippen molar-refractivity contribution in [1.82, 2.24) is 19.1 Å². The van der Waals surface area contributed by atoms with Gasteiger partial charge in [0.15, 0.2) is 11.2 Å². The normalized spacial score (nSPS) is 12.4. The first-order valence-corrected chi connectivity index (χ1v) is 11.3. The molecule has 0 radical (unpaired) electrons. The summed E-state index contributed by atoms with van der Waals surface area (Å²) < 4.78 is 9.22. The molecule has 0 spiro atoms. The van der Waals surface area contributed by atoms with E-state index in [4.69, 9.17) is 16.3 Å². The van der Waals surface area contributed by atoms with Gasteiger partial charge in [0, 0.05) is 16.5 Å². The zero-order valence-electron chi connectivity index (χ0n) is 17.9. The van der Waals surface area contributed by atoms with Crippen LogP contribution in [0.15, 0.2) is 67.7 Å². The Morgan fingerprint density at radius 3 is 2.65 bits per heavy atom. The Kier molecular flexibility index (Phi) is 7.15. The fraction of sp³-hybridized carbons (Fsp3) is 0.182. The zero-order chi connectivity index (χ0) is 24.2. The van der Waals surface area contributed by atoms with Gasteiger partial charge >= 0.3 is 5.69 Å². The number of hydrogen-bond donors (Lipinski definition) is 3. The number of aryl methyl sites for hydroxylation is 1. The van der Waals surface area contributed by atoms with Crippen LogP contribution in [0.5, 0.6) is 5.75 Å². The predicted octanol–water partition coefficient (Wildman–Crippen LogP) is 2.73. The van der Waals surface area contributed by atoms with Crippen molar-refractivity contribution in [2.75, 3.05) is 12.0 Å². The summed E-state index contributed by atoms with van der Waals surface area (Å²) in [7, 11) is 1.49. The first kappa shape index (κ1) is 23.7. The van der Waals surface area contributed by atoms with Gasteiger partial charge in [0.2, 0.25) is 5.95 Å². The van der Waals surface area contributed by atoms with Crippen LogP contribution in [-0.4, -0.2) is 43.1 Å². The van der Waals surface area contributed by atoms with Gasteiger partial charge in [-0.25, -0.2) is 10.2 Å². The molecule has 2 aromatic carbocycles. The number of ether oxygens (including phenoxy) is 1. The smallest absolute Gasteiger partial charge is 0.329 e. The summed E-state index contributed by atoms with van der Waals surface area (Å²) in [6.07, 6.45) is 0.583. The van der Waals surface area contributed by atoms with Crippen molar-refractivity contribution in [3.05, 3.63) is 84.4 Å². The van der Waals surface area contributed by atoms with E-state index < -0.39 is 17.4 Å². The number of aromatic nitrogens is 4. The van der Waals surface area contributed by atoms with Gasteiger partial charge in [-0.15, -0.1) is 0 Å². The molecule has 4 rings (SSSR count). The molecule has 2 heterocycles. The Morgan fingerprint density at radius 2 is 1.94 bits per heavy atom. The predicted molar refractivity (Wildman–Crippen MR) is 134 cm³/mol. The first-order valence-electron chi connectivity index (χ1n) is 10.1. The Morgan fingerprint density at radius 1 is 1.24 bits per heavy atom. The van der Waals surface area contributed by atoms with E-state index in [1.165, 1.54) is 16.2 Å². The quantitative estimate of drug-likeness (QED) is 0.230. The number of nitrogens with zero attached hydrogens (tertiary/aromatic N) is 4. The number of hydrogen-bond acceptors (Lipinski definition) is 7. The summed E-state index contributed by atoms with van der Waals surface area (Å²) in [6.45, 7) is -0.0892. The molecule has 0 aliphatic rings. The number of aliphatic hydroxyl groups is 1. The van der Waals surface area contributed by atoms with Crippen molar-refractivity contribution in [3.8, 4) is 5.75 Å². The van der Waals surface area contributed by atoms with Crippen molar-refractivity contribution >= 4 is 50.9 Å². The average molecular weight is 548 g/mol. The number of aromatic amines is 1. The third-order valence-electron chi connectivity index (χ3n) is 4.90. The number of imidazole rings is 1. The fourth-order valence-electron chi connectivity index (χ4n) is 3.20. The van der Waals surface area contributed by atoms with Crippen molar-refractivity contribution < 1.29 is 9.84 Å². The van der Waals surface area contributed by atoms with Crippen LogP contribution in [0.1, 0.15) is 5.56 Å². The second-order valence-electron chi connectivity index (χ2n) is 7.38. The standard InChI is InChI=1S/C22H20BrClN6O4/c1-29-19-18(20(32)27-22(29)33)30(11-16(31)12-34-17-8-6-15(24)7-9-17)21(26-19)28-25-10-13-2-4-14(23)5-3-13/h2-10,16,31H,11-12H2,1H3,(H,26,28)(H,27,32,33)/b25-10+/t16-/m1/s1. The van der Waals surface area contributed by atoms with Crippen LogP contribution in [0.3, 0.4) is 0 Å². The molecule has 2 aromatic heterocycles. The van der Waals surface area contributed by atoms with E-state index in [0.29, 0.717) is 10.8 Å². The van der Waals surface area contributed by atoms with Gasteiger partial charge in [0.25, 0.3) is 5.56 Å². The van der Waals surface area contributed by atoms with Gasteiger partial charge in [-0.3, -0.25) is 14.3 Å². The molecular formula is C22H20BrClN6O4. The lowest BCUT2D eigenvalue weighted by Gasteiger charge is -2.15. The molecule has 0 saturated heterocycles. The molecule has 3 N–H and O–H groups in total. The Bertz CT molecular complexity index is 1440. The van der Waals surface area contributed by atoms with E-state index in [2.05, 4.69) is 36.4 Å². The van der Waals surface area contributed by atoms with Gasteiger partial charge in [0.05, 0.1) is 12.8 Å². The Balaban J connectivity index is 1.60. The minimum absolute atomic E-state index is 0.0402. The molecule has 0 amide bonds. The fourth-order valence-corrected chi connectivity index (χ4v) is 3.59. The molecule has 34 heavy (non-hydrogen) atoms. The summed E-state index contributed by atoms with van der Waals surface area (Å²) >= 11 is 9.25. The van der Waals surface area contributed by atoms with Crippen molar-refractivity contribution in [3.63, 3.8) is 0 Å². The third kappa shape index (κ3) is 5.38. The number of aliphatic hydroxyl groups excluding tert-OH is 1. The molecule has 10 nitrogen and oxygen atoms in total. The zero-order valence-corrected chi connectivity index (χ0v) is 20.2. The number of nitrogens with one attached hydrogen (secondary N) is 2. The van der Waals surface area contributed by atoms with Gasteiger partial charge in [-0.2, -0.15) is 10.1 Å². The van der Waals surface area contributed by atoms with E-state index in [0.717, 1.165) is 10.0 Å². The lowest BCUT2D eigenvalue weighted by Crippen LogP contribution is -2.30. The van der Waals surface area contributed by atoms with E-state index in [1.54, 1.807) is 30.5 Å². The molecule has 12 heteroatoms. The minimum atomic E-state index is -0.999. The largest absolute Gasteiger partial charge is 0.491 e. The van der Waals surface area contributed by atoms with Crippen LogP contribution in [-0.2, 0) is 13.6 Å². The maximum atomic E-state index is 12.6. The summed E-state index contributed by atoms with van der Waals surface area (Å²) in [5.74, 6) is 0.720. The summed E-state index contributed by atoms with van der Waals surface area (Å²) in [5.41, 5.74) is 2.68. The second kappa shape index (κ2) is 10.2. The molecule has 0 bridgehead atoms. The number of H-pyrrole nitrogens is 1. The lowest BCUT2D eigenvalue weighted by molar-refractivity contribution is 0.0938. The van der Waals surface area contributed by atoms with Crippen LogP contribution in [0.2, 0.25) is 5.02 Å². The highest BCUT2D eigenvalue weighted by molar-refractivity contribution is 9.10. The molecular weight excluding hydrogens is 528 g/mol. The summed E-state index contributed by atoms with van der Waals surface area (Å²) in [4.78, 5) is 31.2. The number of fused-ring (bicyclic) bond motifs is 1. The highest BCUT2D eigenvalue weighted by atomic mass is 79.9. The maximum absolute atomic E-state index is 12.6. The molecule has 1 atom stereocenters. The van der Waals surface area contributed by atoms with E-state index >= 15 is 0 Å². The molecule has 176 valence electrons. The topological polar surface area (TPSA) is 127 Å². The lowest BCUT2D eigenvalue weighted by atomic mass is 10.2. The van der Waals surface area contributed by atoms with Crippen LogP contribution in [0.4, 0.5) is 5.95 Å². The van der Waals surface area contributed by atoms with Gasteiger partial charge in [-0.1, -0.05) is 39.7 Å². The van der Waals surface area contributed by atoms with Crippen LogP contribution < -0.4 is 21.4 Å². The molecule has 0 saturated carbocycles. The van der Waals surface area contributed by atoms with Gasteiger partial charge in [0.1, 0.15) is 18.5 Å².